The number of hydrogen-bond acceptors (Lipinski definition) is 2. The van der Waals surface area contributed by atoms with E-state index in [1.165, 1.54) is 0 Å². The molecule has 2 nitrogen and oxygen atoms in total. The molecule has 0 aliphatic rings. The third kappa shape index (κ3) is 2.35. The maximum Gasteiger partial charge on any atom is 0.0998 e. The van der Waals surface area contributed by atoms with Gasteiger partial charge >= 0.3 is 0 Å². The van der Waals surface area contributed by atoms with Crippen molar-refractivity contribution in [2.24, 2.45) is 0 Å². The van der Waals surface area contributed by atoms with E-state index in [1.807, 2.05) is 42.5 Å². The molecule has 2 aromatic rings. The molecule has 0 saturated carbocycles. The molecule has 1 N–H and O–H groups in total. The molecule has 0 heterocycles. The van der Waals surface area contributed by atoms with Gasteiger partial charge in [0, 0.05) is 0 Å². The zero-order chi connectivity index (χ0) is 12.3. The Kier molecular flexibility index (Phi) is 3.22. The molecule has 17 heavy (non-hydrogen) atoms. The monoisotopic (exact) mass is 223 g/mol. The van der Waals surface area contributed by atoms with Crippen molar-refractivity contribution in [2.45, 2.75) is 13.0 Å². The fraction of sp³-hybridized carbons (Fsp3) is 0.133. The Morgan fingerprint density at radius 3 is 2.41 bits per heavy atom. The summed E-state index contributed by atoms with van der Waals surface area (Å²) < 4.78 is 0. The largest absolute Gasteiger partial charge is 0.389 e. The normalized spacial score (nSPS) is 11.8. The highest BCUT2D eigenvalue weighted by molar-refractivity contribution is 5.70. The third-order valence-corrected chi connectivity index (χ3v) is 2.73. The molecule has 0 aromatic heterocycles. The summed E-state index contributed by atoms with van der Waals surface area (Å²) in [6.07, 6.45) is -0.549. The summed E-state index contributed by atoms with van der Waals surface area (Å²) >= 11 is 0. The Hall–Kier alpha value is -2.11. The Morgan fingerprint density at radius 2 is 1.82 bits per heavy atom. The van der Waals surface area contributed by atoms with Gasteiger partial charge in [0.05, 0.1) is 17.7 Å². The minimum atomic E-state index is -0.549. The predicted molar refractivity (Wildman–Crippen MR) is 67.2 cm³/mol. The van der Waals surface area contributed by atoms with Gasteiger partial charge in [-0.3, -0.25) is 0 Å². The van der Waals surface area contributed by atoms with E-state index in [0.29, 0.717) is 5.56 Å². The molecule has 0 aliphatic carbocycles. The Balaban J connectivity index is 2.54. The maximum absolute atomic E-state index is 9.50. The van der Waals surface area contributed by atoms with Gasteiger partial charge in [-0.25, -0.2) is 0 Å². The third-order valence-electron chi connectivity index (χ3n) is 2.73. The summed E-state index contributed by atoms with van der Waals surface area (Å²) in [7, 11) is 0. The number of aliphatic hydroxyl groups excluding tert-OH is 1. The zero-order valence-corrected chi connectivity index (χ0v) is 9.59. The average Bonchev–Trinajstić information content (AvgIpc) is 2.39. The lowest BCUT2D eigenvalue weighted by atomic mass is 9.97. The molecule has 1 atom stereocenters. The standard InChI is InChI=1S/C15H13NO/c1-11(17)13-7-8-15(14(9-13)10-16)12-5-3-2-4-6-12/h2-9,11,17H,1H3. The molecule has 0 saturated heterocycles. The van der Waals surface area contributed by atoms with Gasteiger partial charge in [-0.1, -0.05) is 42.5 Å². The molecule has 84 valence electrons. The fourth-order valence-corrected chi connectivity index (χ4v) is 1.78. The van der Waals surface area contributed by atoms with Crippen LogP contribution in [0.25, 0.3) is 11.1 Å². The molecule has 0 radical (unpaired) electrons. The molecule has 0 aliphatic heterocycles. The molecule has 0 amide bonds. The molecular weight excluding hydrogens is 210 g/mol. The highest BCUT2D eigenvalue weighted by atomic mass is 16.3. The molecule has 2 heteroatoms. The van der Waals surface area contributed by atoms with Crippen LogP contribution in [0.15, 0.2) is 48.5 Å². The van der Waals surface area contributed by atoms with Crippen molar-refractivity contribution in [2.75, 3.05) is 0 Å². The van der Waals surface area contributed by atoms with E-state index < -0.39 is 6.10 Å². The van der Waals surface area contributed by atoms with E-state index in [2.05, 4.69) is 6.07 Å². The first kappa shape index (κ1) is 11.4. The topological polar surface area (TPSA) is 44.0 Å². The van der Waals surface area contributed by atoms with Gasteiger partial charge in [-0.05, 0) is 29.7 Å². The summed E-state index contributed by atoms with van der Waals surface area (Å²) in [4.78, 5) is 0. The molecule has 1 unspecified atom stereocenters. The molecule has 2 rings (SSSR count). The number of hydrogen-bond donors (Lipinski definition) is 1. The van der Waals surface area contributed by atoms with Crippen LogP contribution in [-0.4, -0.2) is 5.11 Å². The summed E-state index contributed by atoms with van der Waals surface area (Å²) in [6.45, 7) is 1.69. The van der Waals surface area contributed by atoms with Crippen molar-refractivity contribution < 1.29 is 5.11 Å². The van der Waals surface area contributed by atoms with Crippen molar-refractivity contribution in [3.63, 3.8) is 0 Å². The van der Waals surface area contributed by atoms with E-state index >= 15 is 0 Å². The number of rotatable bonds is 2. The van der Waals surface area contributed by atoms with Gasteiger partial charge in [-0.2, -0.15) is 5.26 Å². The summed E-state index contributed by atoms with van der Waals surface area (Å²) in [6, 6.07) is 17.4. The van der Waals surface area contributed by atoms with Gasteiger partial charge in [0.1, 0.15) is 0 Å². The first-order chi connectivity index (χ1) is 8.22. The molecule has 2 aromatic carbocycles. The van der Waals surface area contributed by atoms with E-state index in [-0.39, 0.29) is 0 Å². The summed E-state index contributed by atoms with van der Waals surface area (Å²) in [5.74, 6) is 0. The van der Waals surface area contributed by atoms with E-state index in [4.69, 9.17) is 5.26 Å². The molecule has 0 bridgehead atoms. The SMILES string of the molecule is CC(O)c1ccc(-c2ccccc2)c(C#N)c1. The summed E-state index contributed by atoms with van der Waals surface area (Å²) in [5, 5.41) is 18.7. The lowest BCUT2D eigenvalue weighted by Crippen LogP contribution is -1.93. The average molecular weight is 223 g/mol. The van der Waals surface area contributed by atoms with Crippen molar-refractivity contribution in [3.8, 4) is 17.2 Å². The lowest BCUT2D eigenvalue weighted by molar-refractivity contribution is 0.199. The van der Waals surface area contributed by atoms with Gasteiger partial charge in [0.2, 0.25) is 0 Å². The van der Waals surface area contributed by atoms with Gasteiger partial charge in [-0.15, -0.1) is 0 Å². The number of aliphatic hydroxyl groups is 1. The Morgan fingerprint density at radius 1 is 1.12 bits per heavy atom. The summed E-state index contributed by atoms with van der Waals surface area (Å²) in [5.41, 5.74) is 3.27. The highest BCUT2D eigenvalue weighted by Crippen LogP contribution is 2.26. The van der Waals surface area contributed by atoms with Gasteiger partial charge in [0.25, 0.3) is 0 Å². The van der Waals surface area contributed by atoms with Crippen molar-refractivity contribution in [3.05, 3.63) is 59.7 Å². The quantitative estimate of drug-likeness (QED) is 0.849. The highest BCUT2D eigenvalue weighted by Gasteiger charge is 2.08. The smallest absolute Gasteiger partial charge is 0.0998 e. The van der Waals surface area contributed by atoms with Crippen LogP contribution in [-0.2, 0) is 0 Å². The van der Waals surface area contributed by atoms with Crippen LogP contribution < -0.4 is 0 Å². The number of benzene rings is 2. The van der Waals surface area contributed by atoms with E-state index in [9.17, 15) is 5.11 Å². The van der Waals surface area contributed by atoms with Crippen LogP contribution in [0.4, 0.5) is 0 Å². The first-order valence-corrected chi connectivity index (χ1v) is 5.50. The Labute approximate surface area is 101 Å². The van der Waals surface area contributed by atoms with Crippen molar-refractivity contribution in [1.82, 2.24) is 0 Å². The van der Waals surface area contributed by atoms with Crippen LogP contribution in [0.3, 0.4) is 0 Å². The Bertz CT molecular complexity index is 553. The van der Waals surface area contributed by atoms with Crippen LogP contribution in [0.5, 0.6) is 0 Å². The molecule has 0 spiro atoms. The minimum absolute atomic E-state index is 0.549. The number of nitrogens with zero attached hydrogens (tertiary/aromatic N) is 1. The van der Waals surface area contributed by atoms with Crippen LogP contribution in [0.1, 0.15) is 24.2 Å². The lowest BCUT2D eigenvalue weighted by Gasteiger charge is -2.09. The maximum atomic E-state index is 9.50. The second-order valence-electron chi connectivity index (χ2n) is 3.96. The van der Waals surface area contributed by atoms with Crippen LogP contribution in [0, 0.1) is 11.3 Å². The predicted octanol–water partition coefficient (Wildman–Crippen LogP) is 3.28. The van der Waals surface area contributed by atoms with Crippen molar-refractivity contribution in [1.29, 1.82) is 5.26 Å². The van der Waals surface area contributed by atoms with Gasteiger partial charge in [0.15, 0.2) is 0 Å². The van der Waals surface area contributed by atoms with E-state index in [1.54, 1.807) is 13.0 Å². The van der Waals surface area contributed by atoms with Crippen LogP contribution in [0.2, 0.25) is 0 Å². The molecule has 0 fully saturated rings. The fourth-order valence-electron chi connectivity index (χ4n) is 1.78. The van der Waals surface area contributed by atoms with Crippen LogP contribution >= 0.6 is 0 Å². The second-order valence-corrected chi connectivity index (χ2v) is 3.96. The van der Waals surface area contributed by atoms with Gasteiger partial charge < -0.3 is 5.11 Å². The second kappa shape index (κ2) is 4.82. The van der Waals surface area contributed by atoms with E-state index in [0.717, 1.165) is 16.7 Å². The number of nitriles is 1. The molecular formula is C15H13NO. The first-order valence-electron chi connectivity index (χ1n) is 5.50. The van der Waals surface area contributed by atoms with Crippen molar-refractivity contribution >= 4 is 0 Å². The zero-order valence-electron chi connectivity index (χ0n) is 9.59. The minimum Gasteiger partial charge on any atom is -0.389 e.